The van der Waals surface area contributed by atoms with Gasteiger partial charge >= 0.3 is 5.97 Å². The van der Waals surface area contributed by atoms with Crippen LogP contribution in [-0.2, 0) is 4.79 Å². The fraction of sp³-hybridized carbons (Fsp3) is 0.933. The third-order valence-electron chi connectivity index (χ3n) is 5.03. The maximum Gasteiger partial charge on any atom is 0.324 e. The first-order chi connectivity index (χ1) is 8.87. The zero-order chi connectivity index (χ0) is 14.1. The van der Waals surface area contributed by atoms with Crippen LogP contribution in [-0.4, -0.2) is 47.2 Å². The van der Waals surface area contributed by atoms with Gasteiger partial charge in [0.25, 0.3) is 0 Å². The van der Waals surface area contributed by atoms with Crippen molar-refractivity contribution in [3.8, 4) is 0 Å². The van der Waals surface area contributed by atoms with Crippen LogP contribution in [0.3, 0.4) is 0 Å². The zero-order valence-corrected chi connectivity index (χ0v) is 12.5. The zero-order valence-electron chi connectivity index (χ0n) is 12.5. The van der Waals surface area contributed by atoms with E-state index < -0.39 is 11.5 Å². The number of carbonyl (C=O) groups is 1. The molecule has 19 heavy (non-hydrogen) atoms. The summed E-state index contributed by atoms with van der Waals surface area (Å²) in [6, 6.07) is 0.423. The first-order valence-corrected chi connectivity index (χ1v) is 7.60. The van der Waals surface area contributed by atoms with Gasteiger partial charge in [0.2, 0.25) is 0 Å². The molecule has 1 saturated carbocycles. The van der Waals surface area contributed by atoms with Crippen LogP contribution >= 0.6 is 0 Å². The van der Waals surface area contributed by atoms with Gasteiger partial charge in [-0.3, -0.25) is 10.1 Å². The number of carboxylic acid groups (broad SMARTS) is 1. The molecule has 2 fully saturated rings. The van der Waals surface area contributed by atoms with E-state index in [-0.39, 0.29) is 0 Å². The maximum atomic E-state index is 11.6. The van der Waals surface area contributed by atoms with Crippen LogP contribution in [0.25, 0.3) is 0 Å². The second kappa shape index (κ2) is 5.41. The number of piperidine rings is 1. The van der Waals surface area contributed by atoms with E-state index in [1.807, 2.05) is 6.92 Å². The third-order valence-corrected chi connectivity index (χ3v) is 5.03. The van der Waals surface area contributed by atoms with E-state index in [2.05, 4.69) is 24.1 Å². The van der Waals surface area contributed by atoms with Crippen molar-refractivity contribution in [3.63, 3.8) is 0 Å². The van der Waals surface area contributed by atoms with E-state index in [1.54, 1.807) is 0 Å². The van der Waals surface area contributed by atoms with Gasteiger partial charge < -0.3 is 10.0 Å². The Bertz CT molecular complexity index is 333. The van der Waals surface area contributed by atoms with Crippen molar-refractivity contribution in [2.75, 3.05) is 19.6 Å². The SMILES string of the molecule is CCC1(C)CCN(CC(C)(NC2CC2)C(=O)O)CC1. The van der Waals surface area contributed by atoms with E-state index in [9.17, 15) is 9.90 Å². The van der Waals surface area contributed by atoms with Crippen molar-refractivity contribution < 1.29 is 9.90 Å². The Hall–Kier alpha value is -0.610. The monoisotopic (exact) mass is 268 g/mol. The molecule has 1 aliphatic heterocycles. The van der Waals surface area contributed by atoms with Gasteiger partial charge in [-0.1, -0.05) is 20.3 Å². The van der Waals surface area contributed by atoms with Gasteiger partial charge in [0.1, 0.15) is 5.54 Å². The van der Waals surface area contributed by atoms with Crippen molar-refractivity contribution in [2.24, 2.45) is 5.41 Å². The molecule has 1 heterocycles. The van der Waals surface area contributed by atoms with Crippen LogP contribution < -0.4 is 5.32 Å². The maximum absolute atomic E-state index is 11.6. The minimum Gasteiger partial charge on any atom is -0.480 e. The number of rotatable bonds is 6. The van der Waals surface area contributed by atoms with Crippen LogP contribution in [0, 0.1) is 5.41 Å². The van der Waals surface area contributed by atoms with Crippen LogP contribution in [0.15, 0.2) is 0 Å². The van der Waals surface area contributed by atoms with Gasteiger partial charge in [0, 0.05) is 12.6 Å². The predicted octanol–water partition coefficient (Wildman–Crippen LogP) is 2.09. The highest BCUT2D eigenvalue weighted by atomic mass is 16.4. The first-order valence-electron chi connectivity index (χ1n) is 7.60. The van der Waals surface area contributed by atoms with E-state index in [0.29, 0.717) is 18.0 Å². The summed E-state index contributed by atoms with van der Waals surface area (Å²) in [6.07, 6.45) is 5.83. The van der Waals surface area contributed by atoms with Crippen LogP contribution in [0.4, 0.5) is 0 Å². The number of aliphatic carboxylic acids is 1. The number of hydrogen-bond donors (Lipinski definition) is 2. The molecule has 2 rings (SSSR count). The molecule has 0 spiro atoms. The average Bonchev–Trinajstić information content (AvgIpc) is 3.16. The van der Waals surface area contributed by atoms with E-state index in [0.717, 1.165) is 25.9 Å². The van der Waals surface area contributed by atoms with E-state index in [1.165, 1.54) is 19.3 Å². The van der Waals surface area contributed by atoms with Crippen LogP contribution in [0.5, 0.6) is 0 Å². The Morgan fingerprint density at radius 1 is 1.42 bits per heavy atom. The highest BCUT2D eigenvalue weighted by Crippen LogP contribution is 2.34. The van der Waals surface area contributed by atoms with Gasteiger partial charge in [0.15, 0.2) is 0 Å². The summed E-state index contributed by atoms with van der Waals surface area (Å²) in [7, 11) is 0. The number of nitrogens with one attached hydrogen (secondary N) is 1. The standard InChI is InChI=1S/C15H28N2O2/c1-4-14(2)7-9-17(10-8-14)11-15(3,13(18)19)16-12-5-6-12/h12,16H,4-11H2,1-3H3,(H,18,19). The fourth-order valence-corrected chi connectivity index (χ4v) is 2.90. The van der Waals surface area contributed by atoms with Crippen molar-refractivity contribution in [3.05, 3.63) is 0 Å². The van der Waals surface area contributed by atoms with Gasteiger partial charge in [-0.2, -0.15) is 0 Å². The van der Waals surface area contributed by atoms with E-state index >= 15 is 0 Å². The Labute approximate surface area is 116 Å². The van der Waals surface area contributed by atoms with Gasteiger partial charge in [-0.25, -0.2) is 0 Å². The molecule has 0 amide bonds. The second-order valence-corrected chi connectivity index (χ2v) is 7.00. The summed E-state index contributed by atoms with van der Waals surface area (Å²) in [5, 5.41) is 12.8. The Morgan fingerprint density at radius 2 is 2.00 bits per heavy atom. The van der Waals surface area contributed by atoms with Gasteiger partial charge in [-0.15, -0.1) is 0 Å². The quantitative estimate of drug-likeness (QED) is 0.774. The lowest BCUT2D eigenvalue weighted by atomic mass is 9.78. The third kappa shape index (κ3) is 3.69. The molecule has 0 aromatic heterocycles. The largest absolute Gasteiger partial charge is 0.480 e. The normalized spacial score (nSPS) is 26.9. The van der Waals surface area contributed by atoms with Crippen molar-refractivity contribution in [1.29, 1.82) is 0 Å². The molecule has 110 valence electrons. The van der Waals surface area contributed by atoms with E-state index in [4.69, 9.17) is 0 Å². The topological polar surface area (TPSA) is 52.6 Å². The molecule has 0 bridgehead atoms. The molecule has 4 nitrogen and oxygen atoms in total. The number of carboxylic acids is 1. The van der Waals surface area contributed by atoms with Crippen LogP contribution in [0.1, 0.15) is 52.9 Å². The van der Waals surface area contributed by atoms with Crippen molar-refractivity contribution in [1.82, 2.24) is 10.2 Å². The smallest absolute Gasteiger partial charge is 0.324 e. The van der Waals surface area contributed by atoms with Crippen LogP contribution in [0.2, 0.25) is 0 Å². The number of likely N-dealkylation sites (tertiary alicyclic amines) is 1. The second-order valence-electron chi connectivity index (χ2n) is 7.00. The lowest BCUT2D eigenvalue weighted by Gasteiger charge is -2.41. The molecule has 0 radical (unpaired) electrons. The fourth-order valence-electron chi connectivity index (χ4n) is 2.90. The number of nitrogens with zero attached hydrogens (tertiary/aromatic N) is 1. The molecular weight excluding hydrogens is 240 g/mol. The molecule has 1 saturated heterocycles. The molecule has 2 aliphatic rings. The minimum atomic E-state index is -0.791. The summed E-state index contributed by atoms with van der Waals surface area (Å²) in [5.74, 6) is -0.719. The molecule has 0 aromatic rings. The Balaban J connectivity index is 1.90. The molecule has 0 aromatic carbocycles. The van der Waals surface area contributed by atoms with Gasteiger partial charge in [-0.05, 0) is 51.1 Å². The van der Waals surface area contributed by atoms with Crippen molar-refractivity contribution >= 4 is 5.97 Å². The molecular formula is C15H28N2O2. The predicted molar refractivity (Wildman–Crippen MR) is 76.3 cm³/mol. The minimum absolute atomic E-state index is 0.423. The lowest BCUT2D eigenvalue weighted by molar-refractivity contribution is -0.145. The molecule has 1 aliphatic carbocycles. The molecule has 2 N–H and O–H groups in total. The summed E-state index contributed by atoms with van der Waals surface area (Å²) >= 11 is 0. The molecule has 1 unspecified atom stereocenters. The summed E-state index contributed by atoms with van der Waals surface area (Å²) in [6.45, 7) is 9.12. The van der Waals surface area contributed by atoms with Gasteiger partial charge in [0.05, 0.1) is 0 Å². The highest BCUT2D eigenvalue weighted by Gasteiger charge is 2.41. The first kappa shape index (κ1) is 14.8. The summed E-state index contributed by atoms with van der Waals surface area (Å²) < 4.78 is 0. The summed E-state index contributed by atoms with van der Waals surface area (Å²) in [5.41, 5.74) is -0.332. The molecule has 4 heteroatoms. The Kier molecular flexibility index (Phi) is 4.21. The highest BCUT2D eigenvalue weighted by molar-refractivity contribution is 5.78. The number of hydrogen-bond acceptors (Lipinski definition) is 3. The molecule has 1 atom stereocenters. The summed E-state index contributed by atoms with van der Waals surface area (Å²) in [4.78, 5) is 13.9. The lowest BCUT2D eigenvalue weighted by Crippen LogP contribution is -2.58. The van der Waals surface area contributed by atoms with Crippen molar-refractivity contribution in [2.45, 2.75) is 64.5 Å². The average molecular weight is 268 g/mol. The Morgan fingerprint density at radius 3 is 2.42 bits per heavy atom.